The van der Waals surface area contributed by atoms with E-state index in [1.165, 1.54) is 23.1 Å². The predicted molar refractivity (Wildman–Crippen MR) is 91.5 cm³/mol. The lowest BCUT2D eigenvalue weighted by molar-refractivity contribution is 0.384. The first-order chi connectivity index (χ1) is 10.2. The standard InChI is InChI=1S/C20H27N/c1-4-14-21-20(19-8-6-5-7-9-19)17(3)15-18-12-10-16(2)11-13-18/h5-13,17,20-21H,4,14-15H2,1-3H3. The van der Waals surface area contributed by atoms with Crippen molar-refractivity contribution < 1.29 is 0 Å². The van der Waals surface area contributed by atoms with Gasteiger partial charge in [0.15, 0.2) is 0 Å². The smallest absolute Gasteiger partial charge is 0.0349 e. The highest BCUT2D eigenvalue weighted by molar-refractivity contribution is 5.24. The van der Waals surface area contributed by atoms with E-state index >= 15 is 0 Å². The first-order valence-corrected chi connectivity index (χ1v) is 8.04. The maximum Gasteiger partial charge on any atom is 0.0349 e. The average molecular weight is 281 g/mol. The molecule has 21 heavy (non-hydrogen) atoms. The van der Waals surface area contributed by atoms with Gasteiger partial charge in [0.1, 0.15) is 0 Å². The highest BCUT2D eigenvalue weighted by Gasteiger charge is 2.18. The van der Waals surface area contributed by atoms with Crippen LogP contribution in [-0.2, 0) is 6.42 Å². The summed E-state index contributed by atoms with van der Waals surface area (Å²) in [5.74, 6) is 0.571. The Bertz CT molecular complexity index is 515. The fraction of sp³-hybridized carbons (Fsp3) is 0.400. The highest BCUT2D eigenvalue weighted by atomic mass is 14.9. The van der Waals surface area contributed by atoms with Gasteiger partial charge in [-0.05, 0) is 43.4 Å². The summed E-state index contributed by atoms with van der Waals surface area (Å²) in [6, 6.07) is 20.2. The average Bonchev–Trinajstić information content (AvgIpc) is 2.51. The van der Waals surface area contributed by atoms with Crippen LogP contribution in [0.4, 0.5) is 0 Å². The second-order valence-electron chi connectivity index (χ2n) is 6.01. The second kappa shape index (κ2) is 7.99. The van der Waals surface area contributed by atoms with E-state index in [2.05, 4.69) is 80.7 Å². The Labute approximate surface area is 129 Å². The molecule has 0 aromatic heterocycles. The van der Waals surface area contributed by atoms with E-state index in [1.807, 2.05) is 0 Å². The molecule has 0 heterocycles. The summed E-state index contributed by atoms with van der Waals surface area (Å²) in [5, 5.41) is 3.72. The number of hydrogen-bond donors (Lipinski definition) is 1. The summed E-state index contributed by atoms with van der Waals surface area (Å²) in [6.45, 7) is 7.78. The van der Waals surface area contributed by atoms with Crippen LogP contribution in [0.3, 0.4) is 0 Å². The van der Waals surface area contributed by atoms with Crippen molar-refractivity contribution in [2.24, 2.45) is 5.92 Å². The lowest BCUT2D eigenvalue weighted by atomic mass is 9.89. The monoisotopic (exact) mass is 281 g/mol. The summed E-state index contributed by atoms with van der Waals surface area (Å²) in [6.07, 6.45) is 2.27. The minimum atomic E-state index is 0.424. The molecular weight excluding hydrogens is 254 g/mol. The fourth-order valence-electron chi connectivity index (χ4n) is 2.82. The first-order valence-electron chi connectivity index (χ1n) is 8.04. The van der Waals surface area contributed by atoms with Crippen LogP contribution in [0.5, 0.6) is 0 Å². The number of aryl methyl sites for hydroxylation is 1. The van der Waals surface area contributed by atoms with Gasteiger partial charge in [-0.3, -0.25) is 0 Å². The lowest BCUT2D eigenvalue weighted by Gasteiger charge is -2.26. The predicted octanol–water partition coefficient (Wildman–Crippen LogP) is 4.91. The molecule has 1 N–H and O–H groups in total. The molecule has 2 unspecified atom stereocenters. The second-order valence-corrected chi connectivity index (χ2v) is 6.01. The normalized spacial score (nSPS) is 13.9. The van der Waals surface area contributed by atoms with Crippen molar-refractivity contribution in [2.75, 3.05) is 6.54 Å². The van der Waals surface area contributed by atoms with Gasteiger partial charge in [-0.1, -0.05) is 74.0 Å². The minimum Gasteiger partial charge on any atom is -0.310 e. The molecule has 0 saturated heterocycles. The molecule has 0 spiro atoms. The molecule has 0 amide bonds. The Kier molecular flexibility index (Phi) is 6.01. The van der Waals surface area contributed by atoms with Crippen molar-refractivity contribution in [3.05, 3.63) is 71.3 Å². The molecule has 2 aromatic rings. The molecular formula is C20H27N. The van der Waals surface area contributed by atoms with Gasteiger partial charge in [0, 0.05) is 6.04 Å². The summed E-state index contributed by atoms with van der Waals surface area (Å²) in [4.78, 5) is 0. The zero-order valence-electron chi connectivity index (χ0n) is 13.5. The molecule has 0 aliphatic carbocycles. The highest BCUT2D eigenvalue weighted by Crippen LogP contribution is 2.25. The van der Waals surface area contributed by atoms with Crippen molar-refractivity contribution in [2.45, 2.75) is 39.7 Å². The Balaban J connectivity index is 2.10. The Morgan fingerprint density at radius 1 is 0.952 bits per heavy atom. The summed E-state index contributed by atoms with van der Waals surface area (Å²) < 4.78 is 0. The van der Waals surface area contributed by atoms with E-state index in [4.69, 9.17) is 0 Å². The summed E-state index contributed by atoms with van der Waals surface area (Å²) in [7, 11) is 0. The Morgan fingerprint density at radius 3 is 2.24 bits per heavy atom. The largest absolute Gasteiger partial charge is 0.310 e. The molecule has 1 heteroatoms. The van der Waals surface area contributed by atoms with E-state index in [0.717, 1.165) is 13.0 Å². The molecule has 1 nitrogen and oxygen atoms in total. The van der Waals surface area contributed by atoms with Gasteiger partial charge in [0.2, 0.25) is 0 Å². The molecule has 2 rings (SSSR count). The van der Waals surface area contributed by atoms with E-state index in [9.17, 15) is 0 Å². The van der Waals surface area contributed by atoms with Crippen LogP contribution in [0, 0.1) is 12.8 Å². The van der Waals surface area contributed by atoms with Gasteiger partial charge in [-0.25, -0.2) is 0 Å². The van der Waals surface area contributed by atoms with Crippen LogP contribution in [0.25, 0.3) is 0 Å². The third kappa shape index (κ3) is 4.71. The molecule has 0 bridgehead atoms. The maximum atomic E-state index is 3.72. The molecule has 0 fully saturated rings. The summed E-state index contributed by atoms with van der Waals surface area (Å²) >= 11 is 0. The van der Waals surface area contributed by atoms with Crippen molar-refractivity contribution in [3.63, 3.8) is 0 Å². The lowest BCUT2D eigenvalue weighted by Crippen LogP contribution is -2.28. The van der Waals surface area contributed by atoms with Crippen molar-refractivity contribution in [1.29, 1.82) is 0 Å². The Morgan fingerprint density at radius 2 is 1.62 bits per heavy atom. The first kappa shape index (κ1) is 15.8. The number of benzene rings is 2. The van der Waals surface area contributed by atoms with Gasteiger partial charge >= 0.3 is 0 Å². The van der Waals surface area contributed by atoms with Crippen LogP contribution in [0.15, 0.2) is 54.6 Å². The number of rotatable bonds is 7. The molecule has 0 aliphatic rings. The van der Waals surface area contributed by atoms with Crippen molar-refractivity contribution in [3.8, 4) is 0 Å². The molecule has 2 atom stereocenters. The van der Waals surface area contributed by atoms with Gasteiger partial charge in [0.25, 0.3) is 0 Å². The number of hydrogen-bond acceptors (Lipinski definition) is 1. The quantitative estimate of drug-likeness (QED) is 0.760. The van der Waals surface area contributed by atoms with Crippen LogP contribution in [-0.4, -0.2) is 6.54 Å². The zero-order chi connectivity index (χ0) is 15.1. The van der Waals surface area contributed by atoms with E-state index in [-0.39, 0.29) is 0 Å². The Hall–Kier alpha value is -1.60. The van der Waals surface area contributed by atoms with Crippen LogP contribution >= 0.6 is 0 Å². The van der Waals surface area contributed by atoms with Gasteiger partial charge in [0.05, 0.1) is 0 Å². The van der Waals surface area contributed by atoms with E-state index < -0.39 is 0 Å². The topological polar surface area (TPSA) is 12.0 Å². The molecule has 112 valence electrons. The number of nitrogens with one attached hydrogen (secondary N) is 1. The van der Waals surface area contributed by atoms with Crippen LogP contribution in [0.1, 0.15) is 43.0 Å². The van der Waals surface area contributed by atoms with Crippen LogP contribution < -0.4 is 5.32 Å². The van der Waals surface area contributed by atoms with Gasteiger partial charge in [-0.15, -0.1) is 0 Å². The van der Waals surface area contributed by atoms with Crippen molar-refractivity contribution in [1.82, 2.24) is 5.32 Å². The van der Waals surface area contributed by atoms with E-state index in [1.54, 1.807) is 0 Å². The van der Waals surface area contributed by atoms with Gasteiger partial charge < -0.3 is 5.32 Å². The molecule has 2 aromatic carbocycles. The zero-order valence-corrected chi connectivity index (χ0v) is 13.5. The maximum absolute atomic E-state index is 3.72. The fourth-order valence-corrected chi connectivity index (χ4v) is 2.82. The molecule has 0 radical (unpaired) electrons. The van der Waals surface area contributed by atoms with E-state index in [0.29, 0.717) is 12.0 Å². The third-order valence-electron chi connectivity index (χ3n) is 4.02. The third-order valence-corrected chi connectivity index (χ3v) is 4.02. The SMILES string of the molecule is CCCNC(c1ccccc1)C(C)Cc1ccc(C)cc1. The van der Waals surface area contributed by atoms with Crippen molar-refractivity contribution >= 4 is 0 Å². The summed E-state index contributed by atoms with van der Waals surface area (Å²) in [5.41, 5.74) is 4.15. The molecule has 0 aliphatic heterocycles. The molecule has 0 saturated carbocycles. The van der Waals surface area contributed by atoms with Gasteiger partial charge in [-0.2, -0.15) is 0 Å². The van der Waals surface area contributed by atoms with Crippen LogP contribution in [0.2, 0.25) is 0 Å². The minimum absolute atomic E-state index is 0.424.